The number of thiophene rings is 1. The van der Waals surface area contributed by atoms with Gasteiger partial charge in [0.1, 0.15) is 10.0 Å². The molecule has 0 saturated carbocycles. The fraction of sp³-hybridized carbons (Fsp3) is 0.250. The molecule has 2 aromatic heterocycles. The molecule has 0 saturated heterocycles. The molecule has 8 heteroatoms. The smallest absolute Gasteiger partial charge is 0.272 e. The first-order valence-corrected chi connectivity index (χ1v) is 8.91. The van der Waals surface area contributed by atoms with Gasteiger partial charge < -0.3 is 5.32 Å². The zero-order valence-electron chi connectivity index (χ0n) is 11.0. The van der Waals surface area contributed by atoms with E-state index in [1.807, 2.05) is 7.05 Å². The SMILES string of the molecule is CNCc1ccc(S(=O)(=O)Nc2ccc(Br)c(C)n2)s1. The number of aryl methyl sites for hydroxylation is 1. The zero-order chi connectivity index (χ0) is 14.8. The van der Waals surface area contributed by atoms with Crippen molar-refractivity contribution in [1.82, 2.24) is 10.3 Å². The molecule has 0 bridgehead atoms. The molecule has 0 amide bonds. The molecule has 2 rings (SSSR count). The first kappa shape index (κ1) is 15.4. The maximum Gasteiger partial charge on any atom is 0.272 e. The maximum absolute atomic E-state index is 12.2. The van der Waals surface area contributed by atoms with Crippen molar-refractivity contribution in [2.45, 2.75) is 17.7 Å². The Labute approximate surface area is 130 Å². The lowest BCUT2D eigenvalue weighted by Gasteiger charge is -2.06. The first-order valence-electron chi connectivity index (χ1n) is 5.81. The second-order valence-corrected chi connectivity index (χ2v) is 8.05. The van der Waals surface area contributed by atoms with Crippen LogP contribution in [0.3, 0.4) is 0 Å². The molecule has 0 fully saturated rings. The highest BCUT2D eigenvalue weighted by Gasteiger charge is 2.17. The summed E-state index contributed by atoms with van der Waals surface area (Å²) in [7, 11) is -1.76. The second-order valence-electron chi connectivity index (χ2n) is 4.12. The summed E-state index contributed by atoms with van der Waals surface area (Å²) >= 11 is 4.57. The molecule has 20 heavy (non-hydrogen) atoms. The summed E-state index contributed by atoms with van der Waals surface area (Å²) in [5.41, 5.74) is 0.729. The lowest BCUT2D eigenvalue weighted by atomic mass is 10.4. The van der Waals surface area contributed by atoms with Crippen LogP contribution in [0.1, 0.15) is 10.6 Å². The van der Waals surface area contributed by atoms with Crippen LogP contribution < -0.4 is 10.0 Å². The lowest BCUT2D eigenvalue weighted by Crippen LogP contribution is -2.12. The van der Waals surface area contributed by atoms with Crippen LogP contribution in [-0.4, -0.2) is 20.4 Å². The van der Waals surface area contributed by atoms with Crippen molar-refractivity contribution in [3.63, 3.8) is 0 Å². The van der Waals surface area contributed by atoms with Crippen molar-refractivity contribution in [3.8, 4) is 0 Å². The van der Waals surface area contributed by atoms with E-state index in [2.05, 4.69) is 31.0 Å². The summed E-state index contributed by atoms with van der Waals surface area (Å²) in [6, 6.07) is 6.79. The predicted octanol–water partition coefficient (Wildman–Crippen LogP) is 2.73. The minimum Gasteiger partial charge on any atom is -0.315 e. The minimum absolute atomic E-state index is 0.283. The van der Waals surface area contributed by atoms with Gasteiger partial charge in [-0.05, 0) is 54.2 Å². The monoisotopic (exact) mass is 375 g/mol. The Balaban J connectivity index is 2.23. The molecule has 5 nitrogen and oxygen atoms in total. The molecule has 0 unspecified atom stereocenters. The number of rotatable bonds is 5. The van der Waals surface area contributed by atoms with E-state index >= 15 is 0 Å². The Kier molecular flexibility index (Phi) is 4.79. The third-order valence-electron chi connectivity index (χ3n) is 2.51. The second kappa shape index (κ2) is 6.21. The summed E-state index contributed by atoms with van der Waals surface area (Å²) in [4.78, 5) is 5.15. The number of sulfonamides is 1. The average Bonchev–Trinajstić information content (AvgIpc) is 2.83. The quantitative estimate of drug-likeness (QED) is 0.842. The maximum atomic E-state index is 12.2. The molecule has 0 aliphatic carbocycles. The van der Waals surface area contributed by atoms with Gasteiger partial charge in [0.05, 0.1) is 5.69 Å². The van der Waals surface area contributed by atoms with Crippen LogP contribution in [-0.2, 0) is 16.6 Å². The zero-order valence-corrected chi connectivity index (χ0v) is 14.2. The van der Waals surface area contributed by atoms with E-state index in [0.29, 0.717) is 12.4 Å². The lowest BCUT2D eigenvalue weighted by molar-refractivity contribution is 0.603. The largest absolute Gasteiger partial charge is 0.315 e. The highest BCUT2D eigenvalue weighted by atomic mass is 79.9. The first-order chi connectivity index (χ1) is 9.42. The van der Waals surface area contributed by atoms with Crippen LogP contribution in [0.4, 0.5) is 5.82 Å². The van der Waals surface area contributed by atoms with Gasteiger partial charge in [0.2, 0.25) is 0 Å². The molecule has 0 spiro atoms. The van der Waals surface area contributed by atoms with E-state index in [4.69, 9.17) is 0 Å². The summed E-state index contributed by atoms with van der Waals surface area (Å²) in [6.07, 6.45) is 0. The van der Waals surface area contributed by atoms with E-state index < -0.39 is 10.0 Å². The topological polar surface area (TPSA) is 71.1 Å². The molecule has 2 aromatic rings. The number of halogens is 1. The standard InChI is InChI=1S/C12H14BrN3O2S2/c1-8-10(13)4-5-11(15-8)16-20(17,18)12-6-3-9(19-12)7-14-2/h3-6,14H,7H2,1-2H3,(H,15,16). The Hall–Kier alpha value is -0.960. The Morgan fingerprint density at radius 3 is 2.70 bits per heavy atom. The summed E-state index contributed by atoms with van der Waals surface area (Å²) in [5.74, 6) is 0.314. The van der Waals surface area contributed by atoms with Crippen molar-refractivity contribution < 1.29 is 8.42 Å². The highest BCUT2D eigenvalue weighted by molar-refractivity contribution is 9.10. The van der Waals surface area contributed by atoms with Crippen LogP contribution >= 0.6 is 27.3 Å². The van der Waals surface area contributed by atoms with Crippen LogP contribution in [0, 0.1) is 6.92 Å². The summed E-state index contributed by atoms with van der Waals surface area (Å²) in [5, 5.41) is 2.99. The Bertz CT molecular complexity index is 713. The van der Waals surface area contributed by atoms with Crippen LogP contribution in [0.5, 0.6) is 0 Å². The van der Waals surface area contributed by atoms with Crippen molar-refractivity contribution in [2.75, 3.05) is 11.8 Å². The van der Waals surface area contributed by atoms with Crippen molar-refractivity contribution in [3.05, 3.63) is 39.3 Å². The third-order valence-corrected chi connectivity index (χ3v) is 6.28. The van der Waals surface area contributed by atoms with Gasteiger partial charge in [-0.15, -0.1) is 11.3 Å². The van der Waals surface area contributed by atoms with E-state index in [1.54, 1.807) is 31.2 Å². The summed E-state index contributed by atoms with van der Waals surface area (Å²) < 4.78 is 28.1. The van der Waals surface area contributed by atoms with Gasteiger partial charge in [0.25, 0.3) is 10.0 Å². The van der Waals surface area contributed by atoms with Crippen molar-refractivity contribution in [1.29, 1.82) is 0 Å². The number of nitrogens with zero attached hydrogens (tertiary/aromatic N) is 1. The normalized spacial score (nSPS) is 11.6. The minimum atomic E-state index is -3.58. The molecule has 0 aliphatic heterocycles. The third kappa shape index (κ3) is 3.57. The number of nitrogens with one attached hydrogen (secondary N) is 2. The molecular formula is C12H14BrN3O2S2. The molecule has 2 N–H and O–H groups in total. The van der Waals surface area contributed by atoms with Crippen LogP contribution in [0.25, 0.3) is 0 Å². The van der Waals surface area contributed by atoms with Gasteiger partial charge in [-0.3, -0.25) is 4.72 Å². The fourth-order valence-corrected chi connectivity index (χ4v) is 4.15. The number of aromatic nitrogens is 1. The van der Waals surface area contributed by atoms with E-state index in [1.165, 1.54) is 11.3 Å². The number of pyridine rings is 1. The van der Waals surface area contributed by atoms with Gasteiger partial charge in [-0.25, -0.2) is 13.4 Å². The van der Waals surface area contributed by atoms with Gasteiger partial charge in [0, 0.05) is 15.9 Å². The number of anilines is 1. The fourth-order valence-electron chi connectivity index (χ4n) is 1.56. The van der Waals surface area contributed by atoms with Crippen molar-refractivity contribution in [2.24, 2.45) is 0 Å². The number of hydrogen-bond donors (Lipinski definition) is 2. The molecule has 0 radical (unpaired) electrons. The van der Waals surface area contributed by atoms with E-state index in [9.17, 15) is 8.42 Å². The molecular weight excluding hydrogens is 362 g/mol. The molecule has 2 heterocycles. The Morgan fingerprint density at radius 1 is 1.30 bits per heavy atom. The van der Waals surface area contributed by atoms with Crippen molar-refractivity contribution >= 4 is 43.1 Å². The Morgan fingerprint density at radius 2 is 2.05 bits per heavy atom. The molecule has 0 aliphatic rings. The van der Waals surface area contributed by atoms with E-state index in [0.717, 1.165) is 15.0 Å². The molecule has 0 aromatic carbocycles. The van der Waals surface area contributed by atoms with Gasteiger partial charge in [-0.2, -0.15) is 0 Å². The van der Waals surface area contributed by atoms with Crippen LogP contribution in [0.15, 0.2) is 32.9 Å². The highest BCUT2D eigenvalue weighted by Crippen LogP contribution is 2.24. The molecule has 0 atom stereocenters. The van der Waals surface area contributed by atoms with Gasteiger partial charge >= 0.3 is 0 Å². The van der Waals surface area contributed by atoms with Gasteiger partial charge in [0.15, 0.2) is 0 Å². The predicted molar refractivity (Wildman–Crippen MR) is 84.6 cm³/mol. The van der Waals surface area contributed by atoms with Crippen LogP contribution in [0.2, 0.25) is 0 Å². The van der Waals surface area contributed by atoms with E-state index in [-0.39, 0.29) is 4.21 Å². The summed E-state index contributed by atoms with van der Waals surface area (Å²) in [6.45, 7) is 2.45. The number of hydrogen-bond acceptors (Lipinski definition) is 5. The average molecular weight is 376 g/mol. The van der Waals surface area contributed by atoms with Gasteiger partial charge in [-0.1, -0.05) is 0 Å². The molecule has 108 valence electrons.